The molecule has 0 unspecified atom stereocenters. The van der Waals surface area contributed by atoms with Crippen LogP contribution in [0.3, 0.4) is 0 Å². The van der Waals surface area contributed by atoms with Crippen molar-refractivity contribution in [3.8, 4) is 10.6 Å². The normalized spacial score (nSPS) is 14.4. The Hall–Kier alpha value is -2.62. The lowest BCUT2D eigenvalue weighted by atomic mass is 10.2. The number of anilines is 3. The molecule has 0 radical (unpaired) electrons. The van der Waals surface area contributed by atoms with Crippen molar-refractivity contribution in [3.05, 3.63) is 41.3 Å². The number of morpholine rings is 1. The highest BCUT2D eigenvalue weighted by molar-refractivity contribution is 7.15. The second-order valence-electron chi connectivity index (χ2n) is 7.21. The number of ether oxygens (including phenoxy) is 1. The van der Waals surface area contributed by atoms with E-state index < -0.39 is 0 Å². The molecular formula is C20H25N7OS. The number of pyridine rings is 1. The van der Waals surface area contributed by atoms with Gasteiger partial charge >= 0.3 is 0 Å². The summed E-state index contributed by atoms with van der Waals surface area (Å²) in [6.07, 6.45) is 3.54. The Bertz CT molecular complexity index is 967. The van der Waals surface area contributed by atoms with Crippen LogP contribution in [0.2, 0.25) is 0 Å². The van der Waals surface area contributed by atoms with Gasteiger partial charge in [0.1, 0.15) is 5.82 Å². The van der Waals surface area contributed by atoms with Crippen molar-refractivity contribution in [1.29, 1.82) is 0 Å². The first-order chi connectivity index (χ1) is 14.0. The third-order valence-corrected chi connectivity index (χ3v) is 6.23. The fraction of sp³-hybridized carbons (Fsp3) is 0.400. The van der Waals surface area contributed by atoms with Crippen LogP contribution in [-0.2, 0) is 4.74 Å². The van der Waals surface area contributed by atoms with E-state index in [1.54, 1.807) is 17.5 Å². The van der Waals surface area contributed by atoms with Gasteiger partial charge in [-0.15, -0.1) is 11.3 Å². The molecule has 3 aromatic rings. The van der Waals surface area contributed by atoms with E-state index in [1.807, 2.05) is 31.3 Å². The van der Waals surface area contributed by atoms with Gasteiger partial charge in [-0.1, -0.05) is 13.8 Å². The van der Waals surface area contributed by atoms with Gasteiger partial charge in [-0.3, -0.25) is 0 Å². The SMILES string of the molecule is Cc1nc(C(C)C)sc1-c1ccnc(N(N)c2ccc(N3CCOCC3)cn2)n1. The van der Waals surface area contributed by atoms with Gasteiger partial charge in [-0.25, -0.2) is 30.8 Å². The molecule has 1 fully saturated rings. The molecule has 1 aliphatic rings. The van der Waals surface area contributed by atoms with Crippen LogP contribution in [0.15, 0.2) is 30.6 Å². The third-order valence-electron chi connectivity index (χ3n) is 4.75. The predicted octanol–water partition coefficient (Wildman–Crippen LogP) is 3.28. The number of hydrogen-bond donors (Lipinski definition) is 1. The molecule has 0 atom stereocenters. The Kier molecular flexibility index (Phi) is 5.70. The van der Waals surface area contributed by atoms with Crippen LogP contribution in [-0.4, -0.2) is 46.2 Å². The van der Waals surface area contributed by atoms with E-state index in [2.05, 4.69) is 38.7 Å². The van der Waals surface area contributed by atoms with Gasteiger partial charge in [-0.05, 0) is 25.1 Å². The minimum absolute atomic E-state index is 0.383. The van der Waals surface area contributed by atoms with Gasteiger partial charge in [0.25, 0.3) is 0 Å². The second-order valence-corrected chi connectivity index (χ2v) is 8.24. The van der Waals surface area contributed by atoms with Gasteiger partial charge in [0.15, 0.2) is 0 Å². The Balaban J connectivity index is 1.56. The monoisotopic (exact) mass is 411 g/mol. The standard InChI is InChI=1S/C20H25N7OS/c1-13(2)19-24-14(3)18(29-19)16-6-7-22-20(25-16)27(21)17-5-4-15(12-23-17)26-8-10-28-11-9-26/h4-7,12-13H,8-11,21H2,1-3H3. The molecule has 0 amide bonds. The maximum atomic E-state index is 6.28. The van der Waals surface area contributed by atoms with Crippen molar-refractivity contribution < 1.29 is 4.74 Å². The lowest BCUT2D eigenvalue weighted by molar-refractivity contribution is 0.122. The van der Waals surface area contributed by atoms with Crippen molar-refractivity contribution in [2.45, 2.75) is 26.7 Å². The van der Waals surface area contributed by atoms with Crippen molar-refractivity contribution in [2.75, 3.05) is 36.2 Å². The molecule has 0 saturated carbocycles. The van der Waals surface area contributed by atoms with Gasteiger partial charge in [0, 0.05) is 25.2 Å². The van der Waals surface area contributed by atoms with E-state index in [-0.39, 0.29) is 0 Å². The average molecular weight is 412 g/mol. The van der Waals surface area contributed by atoms with Crippen LogP contribution in [0.25, 0.3) is 10.6 Å². The number of rotatable bonds is 5. The van der Waals surface area contributed by atoms with E-state index >= 15 is 0 Å². The molecule has 0 aromatic carbocycles. The molecule has 8 nitrogen and oxygen atoms in total. The summed E-state index contributed by atoms with van der Waals surface area (Å²) in [6, 6.07) is 5.78. The molecule has 0 aliphatic carbocycles. The summed E-state index contributed by atoms with van der Waals surface area (Å²) in [6.45, 7) is 9.49. The van der Waals surface area contributed by atoms with Crippen LogP contribution in [0.5, 0.6) is 0 Å². The summed E-state index contributed by atoms with van der Waals surface area (Å²) in [4.78, 5) is 21.4. The lowest BCUT2D eigenvalue weighted by Gasteiger charge is -2.28. The summed E-state index contributed by atoms with van der Waals surface area (Å²) >= 11 is 1.66. The largest absolute Gasteiger partial charge is 0.378 e. The summed E-state index contributed by atoms with van der Waals surface area (Å²) in [5, 5.41) is 2.51. The van der Waals surface area contributed by atoms with E-state index in [4.69, 9.17) is 10.6 Å². The maximum absolute atomic E-state index is 6.28. The highest BCUT2D eigenvalue weighted by Gasteiger charge is 2.17. The van der Waals surface area contributed by atoms with Crippen molar-refractivity contribution in [2.24, 2.45) is 5.84 Å². The number of aryl methyl sites for hydroxylation is 1. The average Bonchev–Trinajstić information content (AvgIpc) is 3.16. The minimum Gasteiger partial charge on any atom is -0.378 e. The van der Waals surface area contributed by atoms with Crippen molar-refractivity contribution >= 4 is 28.8 Å². The van der Waals surface area contributed by atoms with Crippen LogP contribution < -0.4 is 15.8 Å². The number of thiazole rings is 1. The zero-order valence-electron chi connectivity index (χ0n) is 16.9. The van der Waals surface area contributed by atoms with Crippen LogP contribution in [0, 0.1) is 6.92 Å². The Morgan fingerprint density at radius 1 is 1.14 bits per heavy atom. The molecule has 1 saturated heterocycles. The summed E-state index contributed by atoms with van der Waals surface area (Å²) in [5.41, 5.74) is 2.85. The third kappa shape index (κ3) is 4.21. The van der Waals surface area contributed by atoms with Gasteiger partial charge < -0.3 is 9.64 Å². The van der Waals surface area contributed by atoms with Crippen LogP contribution in [0.4, 0.5) is 17.5 Å². The first-order valence-corrected chi connectivity index (χ1v) is 10.5. The first kappa shape index (κ1) is 19.7. The van der Waals surface area contributed by atoms with Gasteiger partial charge in [0.05, 0.1) is 46.4 Å². The van der Waals surface area contributed by atoms with Crippen LogP contribution >= 0.6 is 11.3 Å². The van der Waals surface area contributed by atoms with E-state index in [1.165, 1.54) is 5.01 Å². The lowest BCUT2D eigenvalue weighted by Crippen LogP contribution is -2.36. The van der Waals surface area contributed by atoms with Gasteiger partial charge in [0.2, 0.25) is 5.95 Å². The predicted molar refractivity (Wildman–Crippen MR) is 116 cm³/mol. The Morgan fingerprint density at radius 3 is 2.59 bits per heavy atom. The highest BCUT2D eigenvalue weighted by Crippen LogP contribution is 2.32. The summed E-state index contributed by atoms with van der Waals surface area (Å²) in [7, 11) is 0. The zero-order valence-corrected chi connectivity index (χ0v) is 17.7. The molecule has 1 aliphatic heterocycles. The molecule has 3 aromatic heterocycles. The number of hydrazine groups is 1. The zero-order chi connectivity index (χ0) is 20.4. The quantitative estimate of drug-likeness (QED) is 0.505. The number of hydrogen-bond acceptors (Lipinski definition) is 9. The minimum atomic E-state index is 0.383. The van der Waals surface area contributed by atoms with E-state index in [0.29, 0.717) is 17.7 Å². The van der Waals surface area contributed by atoms with E-state index in [9.17, 15) is 0 Å². The van der Waals surface area contributed by atoms with Crippen LogP contribution in [0.1, 0.15) is 30.5 Å². The molecule has 4 rings (SSSR count). The molecule has 0 bridgehead atoms. The fourth-order valence-corrected chi connectivity index (χ4v) is 4.16. The Morgan fingerprint density at radius 2 is 1.93 bits per heavy atom. The first-order valence-electron chi connectivity index (χ1n) is 9.67. The maximum Gasteiger partial charge on any atom is 0.246 e. The summed E-state index contributed by atoms with van der Waals surface area (Å²) < 4.78 is 5.40. The number of aromatic nitrogens is 4. The fourth-order valence-electron chi connectivity index (χ4n) is 3.12. The van der Waals surface area contributed by atoms with Gasteiger partial charge in [-0.2, -0.15) is 0 Å². The highest BCUT2D eigenvalue weighted by atomic mass is 32.1. The molecule has 152 valence electrons. The molecule has 2 N–H and O–H groups in total. The van der Waals surface area contributed by atoms with Crippen molar-refractivity contribution in [1.82, 2.24) is 19.9 Å². The topological polar surface area (TPSA) is 93.3 Å². The van der Waals surface area contributed by atoms with Crippen molar-refractivity contribution in [3.63, 3.8) is 0 Å². The smallest absolute Gasteiger partial charge is 0.246 e. The molecule has 0 spiro atoms. The van der Waals surface area contributed by atoms with E-state index in [0.717, 1.165) is 53.3 Å². The molecule has 4 heterocycles. The molecule has 9 heteroatoms. The summed E-state index contributed by atoms with van der Waals surface area (Å²) in [5.74, 6) is 7.65. The molecular weight excluding hydrogens is 386 g/mol. The second kappa shape index (κ2) is 8.40. The Labute approximate surface area is 174 Å². The molecule has 29 heavy (non-hydrogen) atoms. The number of nitrogens with zero attached hydrogens (tertiary/aromatic N) is 6. The number of nitrogens with two attached hydrogens (primary N) is 1.